The predicted molar refractivity (Wildman–Crippen MR) is 256 cm³/mol. The number of para-hydroxylation sites is 3. The number of hydrogen-bond acceptors (Lipinski definition) is 2. The summed E-state index contributed by atoms with van der Waals surface area (Å²) in [6.45, 7) is 0.274. The molecule has 0 aliphatic carbocycles. The molecule has 59 heavy (non-hydrogen) atoms. The molecule has 0 amide bonds. The quantitative estimate of drug-likeness (QED) is 0.178. The second-order valence-electron chi connectivity index (χ2n) is 16.3. The molecule has 4 aliphatic rings. The van der Waals surface area contributed by atoms with Gasteiger partial charge >= 0.3 is 0 Å². The Morgan fingerprint density at radius 1 is 0.305 bits per heavy atom. The molecule has 4 heterocycles. The molecule has 2 nitrogen and oxygen atoms in total. The second kappa shape index (κ2) is 12.7. The van der Waals surface area contributed by atoms with Gasteiger partial charge in [-0.1, -0.05) is 186 Å². The van der Waals surface area contributed by atoms with Crippen LogP contribution in [0.3, 0.4) is 0 Å². The van der Waals surface area contributed by atoms with E-state index < -0.39 is 9.52 Å². The smallest absolute Gasteiger partial charge is 0.252 e. The van der Waals surface area contributed by atoms with Crippen molar-refractivity contribution in [3.63, 3.8) is 0 Å². The van der Waals surface area contributed by atoms with Gasteiger partial charge in [0.1, 0.15) is 0 Å². The van der Waals surface area contributed by atoms with Gasteiger partial charge in [0, 0.05) is 39.6 Å². The first-order valence-electron chi connectivity index (χ1n) is 20.8. The van der Waals surface area contributed by atoms with E-state index in [1.54, 1.807) is 10.4 Å². The van der Waals surface area contributed by atoms with Crippen LogP contribution < -0.4 is 53.0 Å². The lowest BCUT2D eigenvalue weighted by atomic mass is 9.29. The van der Waals surface area contributed by atoms with Crippen molar-refractivity contribution in [1.82, 2.24) is 0 Å². The third-order valence-electron chi connectivity index (χ3n) is 13.3. The summed E-state index contributed by atoms with van der Waals surface area (Å²) in [5.41, 5.74) is 23.5. The standard InChI is InChI=1S/C54H36B2N2Si/c1-4-18-35(19-5-1)38-32-39(36-20-6-2-7-21-36)53(40(33-38)37-22-8-3-9-23-37)58-47-30-16-11-25-42(47)55-41-24-10-14-28-45(41)57-46-29-15-12-26-43(46)56-44-27-13-17-31-49(44)59-50-34-48(58)51(55)54(57)52(50)56/h1-34H,59H2. The minimum Gasteiger partial charge on any atom is -0.312 e. The van der Waals surface area contributed by atoms with Crippen molar-refractivity contribution in [1.29, 1.82) is 0 Å². The van der Waals surface area contributed by atoms with Crippen LogP contribution in [0.25, 0.3) is 33.4 Å². The van der Waals surface area contributed by atoms with Crippen molar-refractivity contribution in [3.05, 3.63) is 206 Å². The first-order chi connectivity index (χ1) is 29.3. The Morgan fingerprint density at radius 3 is 1.27 bits per heavy atom. The molecule has 0 fully saturated rings. The summed E-state index contributed by atoms with van der Waals surface area (Å²) in [5, 5.41) is 3.10. The van der Waals surface area contributed by atoms with Crippen LogP contribution in [0, 0.1) is 0 Å². The van der Waals surface area contributed by atoms with Crippen LogP contribution in [0.1, 0.15) is 0 Å². The van der Waals surface area contributed by atoms with Crippen LogP contribution in [0.4, 0.5) is 34.1 Å². The zero-order chi connectivity index (χ0) is 38.6. The normalized spacial score (nSPS) is 14.0. The third-order valence-corrected chi connectivity index (χ3v) is 15.3. The number of anilines is 6. The molecule has 0 spiro atoms. The fourth-order valence-corrected chi connectivity index (χ4v) is 13.0. The summed E-state index contributed by atoms with van der Waals surface area (Å²) >= 11 is 0. The number of benzene rings is 9. The van der Waals surface area contributed by atoms with E-state index in [0.29, 0.717) is 0 Å². The van der Waals surface area contributed by atoms with Gasteiger partial charge in [0.25, 0.3) is 6.71 Å². The number of nitrogens with zero attached hydrogens (tertiary/aromatic N) is 2. The summed E-state index contributed by atoms with van der Waals surface area (Å²) in [6, 6.07) is 77.5. The summed E-state index contributed by atoms with van der Waals surface area (Å²) < 4.78 is 0. The van der Waals surface area contributed by atoms with E-state index in [4.69, 9.17) is 0 Å². The first-order valence-corrected chi connectivity index (χ1v) is 22.2. The van der Waals surface area contributed by atoms with Gasteiger partial charge in [0.05, 0.1) is 15.2 Å². The van der Waals surface area contributed by atoms with E-state index in [1.165, 1.54) is 100 Å². The number of fused-ring (bicyclic) bond motifs is 10. The number of rotatable bonds is 4. The van der Waals surface area contributed by atoms with Gasteiger partial charge in [-0.15, -0.1) is 0 Å². The Bertz CT molecular complexity index is 3100. The maximum Gasteiger partial charge on any atom is 0.252 e. The highest BCUT2D eigenvalue weighted by molar-refractivity contribution is 7.08. The molecule has 0 N–H and O–H groups in total. The Balaban J connectivity index is 1.20. The lowest BCUT2D eigenvalue weighted by Crippen LogP contribution is -2.74. The van der Waals surface area contributed by atoms with Crippen molar-refractivity contribution in [3.8, 4) is 33.4 Å². The zero-order valence-electron chi connectivity index (χ0n) is 32.4. The molecule has 0 atom stereocenters. The molecule has 0 radical (unpaired) electrons. The monoisotopic (exact) mass is 762 g/mol. The molecule has 4 aliphatic heterocycles. The van der Waals surface area contributed by atoms with Crippen LogP contribution in [-0.4, -0.2) is 22.9 Å². The first kappa shape index (κ1) is 33.0. The van der Waals surface area contributed by atoms with E-state index in [9.17, 15) is 0 Å². The van der Waals surface area contributed by atoms with E-state index in [-0.39, 0.29) is 13.4 Å². The molecular formula is C54H36B2N2Si. The van der Waals surface area contributed by atoms with Gasteiger partial charge in [0.2, 0.25) is 6.71 Å². The molecular weight excluding hydrogens is 726 g/mol. The van der Waals surface area contributed by atoms with E-state index >= 15 is 0 Å². The second-order valence-corrected chi connectivity index (χ2v) is 18.2. The molecule has 9 aromatic rings. The summed E-state index contributed by atoms with van der Waals surface area (Å²) in [4.78, 5) is 5.33. The average molecular weight is 763 g/mol. The lowest BCUT2D eigenvalue weighted by Gasteiger charge is -2.50. The maximum absolute atomic E-state index is 2.67. The molecule has 13 rings (SSSR count). The molecule has 272 valence electrons. The highest BCUT2D eigenvalue weighted by atomic mass is 28.2. The third kappa shape index (κ3) is 4.71. The van der Waals surface area contributed by atoms with Crippen LogP contribution in [0.2, 0.25) is 0 Å². The highest BCUT2D eigenvalue weighted by Gasteiger charge is 2.50. The minimum atomic E-state index is -0.839. The van der Waals surface area contributed by atoms with Crippen molar-refractivity contribution in [2.45, 2.75) is 0 Å². The zero-order valence-corrected chi connectivity index (χ0v) is 33.8. The van der Waals surface area contributed by atoms with Gasteiger partial charge in [0.15, 0.2) is 0 Å². The topological polar surface area (TPSA) is 6.48 Å². The Labute approximate surface area is 348 Å². The van der Waals surface area contributed by atoms with Gasteiger partial charge in [-0.3, -0.25) is 0 Å². The predicted octanol–water partition coefficient (Wildman–Crippen LogP) is 7.03. The van der Waals surface area contributed by atoms with E-state index in [1.807, 2.05) is 0 Å². The lowest BCUT2D eigenvalue weighted by molar-refractivity contribution is 1.26. The summed E-state index contributed by atoms with van der Waals surface area (Å²) in [6.07, 6.45) is 0. The molecule has 9 aromatic carbocycles. The Kier molecular flexibility index (Phi) is 7.10. The molecule has 0 unspecified atom stereocenters. The molecule has 0 saturated heterocycles. The van der Waals surface area contributed by atoms with Crippen LogP contribution >= 0.6 is 0 Å². The maximum atomic E-state index is 2.67. The van der Waals surface area contributed by atoms with Gasteiger partial charge in [-0.05, 0) is 86.0 Å². The van der Waals surface area contributed by atoms with Crippen molar-refractivity contribution < 1.29 is 0 Å². The van der Waals surface area contributed by atoms with Crippen LogP contribution in [0.15, 0.2) is 206 Å². The van der Waals surface area contributed by atoms with Crippen molar-refractivity contribution in [2.75, 3.05) is 9.80 Å². The van der Waals surface area contributed by atoms with Crippen molar-refractivity contribution >= 4 is 100 Å². The van der Waals surface area contributed by atoms with Gasteiger partial charge in [-0.2, -0.15) is 0 Å². The van der Waals surface area contributed by atoms with Crippen molar-refractivity contribution in [2.24, 2.45) is 0 Å². The van der Waals surface area contributed by atoms with Crippen LogP contribution in [0.5, 0.6) is 0 Å². The minimum absolute atomic E-state index is 0.0823. The number of hydrogen-bond donors (Lipinski definition) is 0. The Morgan fingerprint density at radius 2 is 0.729 bits per heavy atom. The van der Waals surface area contributed by atoms with E-state index in [0.717, 1.165) is 0 Å². The van der Waals surface area contributed by atoms with Gasteiger partial charge in [-0.25, -0.2) is 0 Å². The van der Waals surface area contributed by atoms with Crippen LogP contribution in [-0.2, 0) is 0 Å². The van der Waals surface area contributed by atoms with E-state index in [2.05, 4.69) is 216 Å². The average Bonchev–Trinajstić information content (AvgIpc) is 3.31. The Hall–Kier alpha value is -7.07. The fraction of sp³-hybridized carbons (Fsp3) is 0. The highest BCUT2D eigenvalue weighted by Crippen LogP contribution is 2.51. The van der Waals surface area contributed by atoms with Gasteiger partial charge < -0.3 is 9.80 Å². The molecule has 5 heteroatoms. The largest absolute Gasteiger partial charge is 0.312 e. The summed E-state index contributed by atoms with van der Waals surface area (Å²) in [7, 11) is -0.839. The molecule has 0 saturated carbocycles. The molecule has 0 aromatic heterocycles. The summed E-state index contributed by atoms with van der Waals surface area (Å²) in [5.74, 6) is 0. The SMILES string of the molecule is c1ccc(-c2cc(-c3ccccc3)c(N3c4ccccc4B4c5ccccc5N5c6ccccc6B6c7ccccc7[SiH2]c7cc3c4c5c76)c(-c3ccccc3)c2)cc1. The fourth-order valence-electron chi connectivity index (χ4n) is 11.0. The molecule has 0 bridgehead atoms.